The lowest BCUT2D eigenvalue weighted by Crippen LogP contribution is -2.41. The van der Waals surface area contributed by atoms with Crippen LogP contribution in [0.5, 0.6) is 5.75 Å². The summed E-state index contributed by atoms with van der Waals surface area (Å²) < 4.78 is 10.9. The number of ether oxygens (including phenoxy) is 2. The predicted octanol–water partition coefficient (Wildman–Crippen LogP) is 1.88. The highest BCUT2D eigenvalue weighted by Gasteiger charge is 2.41. The molecule has 1 N–H and O–H groups in total. The zero-order valence-electron chi connectivity index (χ0n) is 11.2. The molecule has 0 amide bonds. The lowest BCUT2D eigenvalue weighted by molar-refractivity contribution is 0.0526. The summed E-state index contributed by atoms with van der Waals surface area (Å²) in [4.78, 5) is 11.8. The highest BCUT2D eigenvalue weighted by molar-refractivity contribution is 5.90. The molecule has 1 aromatic rings. The summed E-state index contributed by atoms with van der Waals surface area (Å²) in [6.07, 6.45) is 2.12. The third kappa shape index (κ3) is 2.10. The van der Waals surface area contributed by atoms with E-state index in [4.69, 9.17) is 9.47 Å². The Bertz CT molecular complexity index is 487. The monoisotopic (exact) mass is 261 g/mol. The Morgan fingerprint density at radius 2 is 2.21 bits per heavy atom. The molecule has 19 heavy (non-hydrogen) atoms. The molecule has 0 radical (unpaired) electrons. The zero-order chi connectivity index (χ0) is 13.3. The van der Waals surface area contributed by atoms with Gasteiger partial charge in [0.25, 0.3) is 0 Å². The van der Waals surface area contributed by atoms with Gasteiger partial charge in [0.1, 0.15) is 5.75 Å². The van der Waals surface area contributed by atoms with Crippen LogP contribution in [-0.4, -0.2) is 32.3 Å². The van der Waals surface area contributed by atoms with Crippen molar-refractivity contribution in [3.63, 3.8) is 0 Å². The molecule has 0 aliphatic carbocycles. The maximum absolute atomic E-state index is 11.8. The standard InChI is InChI=1S/C15H19NO3/c1-2-18-14(17)11-3-4-13-12(9-11)15(10-19-13)5-7-16-8-6-15/h3-4,9,16H,2,5-8,10H2,1H3. The van der Waals surface area contributed by atoms with Crippen molar-refractivity contribution in [2.75, 3.05) is 26.3 Å². The molecule has 1 fully saturated rings. The van der Waals surface area contributed by atoms with Crippen molar-refractivity contribution in [2.24, 2.45) is 0 Å². The molecule has 2 aliphatic heterocycles. The van der Waals surface area contributed by atoms with Gasteiger partial charge in [-0.1, -0.05) is 0 Å². The summed E-state index contributed by atoms with van der Waals surface area (Å²) in [5.74, 6) is 0.677. The van der Waals surface area contributed by atoms with Gasteiger partial charge < -0.3 is 14.8 Å². The molecule has 0 bridgehead atoms. The fourth-order valence-corrected chi connectivity index (χ4v) is 3.02. The molecule has 4 heteroatoms. The maximum Gasteiger partial charge on any atom is 0.338 e. The Hall–Kier alpha value is -1.55. The minimum atomic E-state index is -0.249. The summed E-state index contributed by atoms with van der Waals surface area (Å²) in [6, 6.07) is 5.65. The fourth-order valence-electron chi connectivity index (χ4n) is 3.02. The lowest BCUT2D eigenvalue weighted by atomic mass is 9.74. The molecule has 1 saturated heterocycles. The van der Waals surface area contributed by atoms with Gasteiger partial charge in [-0.2, -0.15) is 0 Å². The Labute approximate surface area is 113 Å². The number of benzene rings is 1. The van der Waals surface area contributed by atoms with Crippen molar-refractivity contribution in [3.8, 4) is 5.75 Å². The van der Waals surface area contributed by atoms with Crippen LogP contribution in [0.15, 0.2) is 18.2 Å². The van der Waals surface area contributed by atoms with Gasteiger partial charge in [-0.25, -0.2) is 4.79 Å². The summed E-state index contributed by atoms with van der Waals surface area (Å²) in [5.41, 5.74) is 1.90. The summed E-state index contributed by atoms with van der Waals surface area (Å²) >= 11 is 0. The molecule has 0 atom stereocenters. The van der Waals surface area contributed by atoms with Crippen LogP contribution in [0.4, 0.5) is 0 Å². The molecule has 102 valence electrons. The van der Waals surface area contributed by atoms with Crippen LogP contribution in [0.25, 0.3) is 0 Å². The highest BCUT2D eigenvalue weighted by Crippen LogP contribution is 2.44. The van der Waals surface area contributed by atoms with E-state index in [9.17, 15) is 4.79 Å². The first-order valence-corrected chi connectivity index (χ1v) is 6.90. The molecule has 2 heterocycles. The number of hydrogen-bond donors (Lipinski definition) is 1. The molecular formula is C15H19NO3. The number of rotatable bonds is 2. The van der Waals surface area contributed by atoms with Crippen LogP contribution < -0.4 is 10.1 Å². The van der Waals surface area contributed by atoms with Crippen molar-refractivity contribution >= 4 is 5.97 Å². The van der Waals surface area contributed by atoms with Crippen molar-refractivity contribution in [2.45, 2.75) is 25.2 Å². The van der Waals surface area contributed by atoms with Gasteiger partial charge in [0.05, 0.1) is 18.8 Å². The largest absolute Gasteiger partial charge is 0.492 e. The van der Waals surface area contributed by atoms with Crippen LogP contribution in [0.2, 0.25) is 0 Å². The van der Waals surface area contributed by atoms with E-state index in [1.165, 1.54) is 5.56 Å². The average Bonchev–Trinajstić information content (AvgIpc) is 2.78. The van der Waals surface area contributed by atoms with Crippen molar-refractivity contribution in [1.29, 1.82) is 0 Å². The summed E-state index contributed by atoms with van der Waals surface area (Å²) in [5, 5.41) is 3.38. The molecular weight excluding hydrogens is 242 g/mol. The molecule has 0 aromatic heterocycles. The van der Waals surface area contributed by atoms with E-state index in [0.717, 1.165) is 38.3 Å². The molecule has 4 nitrogen and oxygen atoms in total. The van der Waals surface area contributed by atoms with Crippen LogP contribution in [0.1, 0.15) is 35.7 Å². The van der Waals surface area contributed by atoms with E-state index in [2.05, 4.69) is 5.32 Å². The average molecular weight is 261 g/mol. The van der Waals surface area contributed by atoms with Gasteiger partial charge in [0.2, 0.25) is 0 Å². The molecule has 1 spiro atoms. The minimum absolute atomic E-state index is 0.0864. The number of nitrogens with one attached hydrogen (secondary N) is 1. The van der Waals surface area contributed by atoms with E-state index in [-0.39, 0.29) is 11.4 Å². The number of esters is 1. The second kappa shape index (κ2) is 4.85. The van der Waals surface area contributed by atoms with E-state index in [1.54, 1.807) is 6.07 Å². The number of piperidine rings is 1. The third-order valence-corrected chi connectivity index (χ3v) is 4.13. The zero-order valence-corrected chi connectivity index (χ0v) is 11.2. The Morgan fingerprint density at radius 1 is 1.42 bits per heavy atom. The second-order valence-electron chi connectivity index (χ2n) is 5.25. The number of hydrogen-bond acceptors (Lipinski definition) is 4. The van der Waals surface area contributed by atoms with Gasteiger partial charge in [0, 0.05) is 11.0 Å². The predicted molar refractivity (Wildman–Crippen MR) is 71.7 cm³/mol. The molecule has 0 saturated carbocycles. The topological polar surface area (TPSA) is 47.6 Å². The van der Waals surface area contributed by atoms with Crippen LogP contribution in [0, 0.1) is 0 Å². The van der Waals surface area contributed by atoms with Gasteiger partial charge in [-0.05, 0) is 51.1 Å². The van der Waals surface area contributed by atoms with Gasteiger partial charge in [-0.15, -0.1) is 0 Å². The fraction of sp³-hybridized carbons (Fsp3) is 0.533. The molecule has 0 unspecified atom stereocenters. The number of fused-ring (bicyclic) bond motifs is 2. The maximum atomic E-state index is 11.8. The van der Waals surface area contributed by atoms with Crippen molar-refractivity contribution in [1.82, 2.24) is 5.32 Å². The van der Waals surface area contributed by atoms with Gasteiger partial charge >= 0.3 is 5.97 Å². The number of carbonyl (C=O) groups excluding carboxylic acids is 1. The summed E-state index contributed by atoms with van der Waals surface area (Å²) in [6.45, 7) is 4.97. The quantitative estimate of drug-likeness (QED) is 0.826. The van der Waals surface area contributed by atoms with Crippen molar-refractivity contribution in [3.05, 3.63) is 29.3 Å². The second-order valence-corrected chi connectivity index (χ2v) is 5.25. The summed E-state index contributed by atoms with van der Waals surface area (Å²) in [7, 11) is 0. The van der Waals surface area contributed by atoms with E-state index in [1.807, 2.05) is 19.1 Å². The van der Waals surface area contributed by atoms with Crippen LogP contribution >= 0.6 is 0 Å². The Kier molecular flexibility index (Phi) is 3.19. The van der Waals surface area contributed by atoms with Gasteiger partial charge in [-0.3, -0.25) is 0 Å². The molecule has 1 aromatic carbocycles. The Balaban J connectivity index is 1.94. The Morgan fingerprint density at radius 3 is 2.95 bits per heavy atom. The smallest absolute Gasteiger partial charge is 0.338 e. The first kappa shape index (κ1) is 12.5. The third-order valence-electron chi connectivity index (χ3n) is 4.13. The van der Waals surface area contributed by atoms with E-state index in [0.29, 0.717) is 12.2 Å². The molecule has 3 rings (SSSR count). The van der Waals surface area contributed by atoms with Crippen LogP contribution in [0.3, 0.4) is 0 Å². The molecule has 2 aliphatic rings. The lowest BCUT2D eigenvalue weighted by Gasteiger charge is -2.32. The SMILES string of the molecule is CCOC(=O)c1ccc2c(c1)C1(CCNCC1)CO2. The first-order valence-electron chi connectivity index (χ1n) is 6.90. The number of carbonyl (C=O) groups is 1. The normalized spacial score (nSPS) is 19.8. The van der Waals surface area contributed by atoms with Gasteiger partial charge in [0.15, 0.2) is 0 Å². The van der Waals surface area contributed by atoms with Crippen LogP contribution in [-0.2, 0) is 10.2 Å². The van der Waals surface area contributed by atoms with Crippen molar-refractivity contribution < 1.29 is 14.3 Å². The first-order chi connectivity index (χ1) is 9.25. The van der Waals surface area contributed by atoms with E-state index >= 15 is 0 Å². The highest BCUT2D eigenvalue weighted by atomic mass is 16.5. The minimum Gasteiger partial charge on any atom is -0.492 e. The van der Waals surface area contributed by atoms with E-state index < -0.39 is 0 Å².